The third-order valence-electron chi connectivity index (χ3n) is 3.79. The summed E-state index contributed by atoms with van der Waals surface area (Å²) in [5, 5.41) is 5.97. The maximum absolute atomic E-state index is 12.4. The van der Waals surface area contributed by atoms with E-state index < -0.39 is 0 Å². The van der Waals surface area contributed by atoms with Crippen LogP contribution >= 0.6 is 0 Å². The van der Waals surface area contributed by atoms with Crippen LogP contribution in [0, 0.1) is 0 Å². The van der Waals surface area contributed by atoms with Crippen molar-refractivity contribution in [1.29, 1.82) is 0 Å². The van der Waals surface area contributed by atoms with E-state index in [0.29, 0.717) is 18.1 Å². The summed E-state index contributed by atoms with van der Waals surface area (Å²) < 4.78 is 1.92. The van der Waals surface area contributed by atoms with Crippen LogP contribution in [0.4, 0.5) is 11.6 Å². The number of nitrogens with zero attached hydrogens (tertiary/aromatic N) is 4. The van der Waals surface area contributed by atoms with Crippen LogP contribution in [0.3, 0.4) is 0 Å². The molecule has 0 bridgehead atoms. The van der Waals surface area contributed by atoms with Gasteiger partial charge in [-0.05, 0) is 36.4 Å². The molecule has 0 aliphatic carbocycles. The molecule has 128 valence electrons. The van der Waals surface area contributed by atoms with E-state index in [1.807, 2.05) is 47.1 Å². The van der Waals surface area contributed by atoms with Gasteiger partial charge in [-0.2, -0.15) is 0 Å². The number of anilines is 2. The number of amides is 1. The maximum Gasteiger partial charge on any atom is 0.251 e. The zero-order chi connectivity index (χ0) is 17.8. The van der Waals surface area contributed by atoms with Gasteiger partial charge in [-0.1, -0.05) is 12.1 Å². The highest BCUT2D eigenvalue weighted by atomic mass is 16.1. The topological polar surface area (TPSA) is 84.2 Å². The standard InChI is InChI=1S/C19H16N6O/c26-18(22-12-16-13-25-10-2-1-7-17(25)23-16)14-5-3-6-15(11-14)24-19-20-8-4-9-21-19/h1-11,13H,12H2,(H,22,26)(H,20,21,24). The molecule has 0 atom stereocenters. The van der Waals surface area contributed by atoms with Crippen LogP contribution < -0.4 is 10.6 Å². The quantitative estimate of drug-likeness (QED) is 0.581. The van der Waals surface area contributed by atoms with Gasteiger partial charge < -0.3 is 15.0 Å². The molecule has 0 spiro atoms. The molecule has 26 heavy (non-hydrogen) atoms. The first kappa shape index (κ1) is 15.8. The highest BCUT2D eigenvalue weighted by Crippen LogP contribution is 2.14. The second kappa shape index (κ2) is 7.02. The fraction of sp³-hybridized carbons (Fsp3) is 0.0526. The van der Waals surface area contributed by atoms with E-state index in [-0.39, 0.29) is 5.91 Å². The van der Waals surface area contributed by atoms with Crippen molar-refractivity contribution in [2.45, 2.75) is 6.54 Å². The minimum absolute atomic E-state index is 0.167. The molecule has 0 saturated heterocycles. The molecule has 0 unspecified atom stereocenters. The first-order valence-corrected chi connectivity index (χ1v) is 8.13. The summed E-state index contributed by atoms with van der Waals surface area (Å²) >= 11 is 0. The lowest BCUT2D eigenvalue weighted by molar-refractivity contribution is 0.0950. The van der Waals surface area contributed by atoms with Gasteiger partial charge in [-0.25, -0.2) is 15.0 Å². The second-order valence-corrected chi connectivity index (χ2v) is 5.66. The van der Waals surface area contributed by atoms with Gasteiger partial charge in [0.2, 0.25) is 5.95 Å². The van der Waals surface area contributed by atoms with Gasteiger partial charge in [0, 0.05) is 36.0 Å². The molecule has 4 aromatic rings. The Morgan fingerprint density at radius 1 is 1.04 bits per heavy atom. The number of hydrogen-bond donors (Lipinski definition) is 2. The first-order chi connectivity index (χ1) is 12.8. The van der Waals surface area contributed by atoms with Gasteiger partial charge in [-0.15, -0.1) is 0 Å². The van der Waals surface area contributed by atoms with Crippen molar-refractivity contribution in [3.63, 3.8) is 0 Å². The number of rotatable bonds is 5. The van der Waals surface area contributed by atoms with E-state index in [1.54, 1.807) is 30.6 Å². The van der Waals surface area contributed by atoms with Crippen LogP contribution in [0.15, 0.2) is 73.3 Å². The summed E-state index contributed by atoms with van der Waals surface area (Å²) in [4.78, 5) is 25.1. The number of nitrogens with one attached hydrogen (secondary N) is 2. The number of carbonyl (C=O) groups excluding carboxylic acids is 1. The van der Waals surface area contributed by atoms with Crippen LogP contribution in [0.2, 0.25) is 0 Å². The molecule has 0 fully saturated rings. The van der Waals surface area contributed by atoms with Crippen LogP contribution in [0.25, 0.3) is 5.65 Å². The number of pyridine rings is 1. The predicted octanol–water partition coefficient (Wildman–Crippen LogP) is 2.80. The highest BCUT2D eigenvalue weighted by molar-refractivity contribution is 5.95. The number of benzene rings is 1. The molecule has 7 nitrogen and oxygen atoms in total. The minimum Gasteiger partial charge on any atom is -0.346 e. The number of carbonyl (C=O) groups is 1. The molecule has 0 radical (unpaired) electrons. The lowest BCUT2D eigenvalue weighted by atomic mass is 10.2. The van der Waals surface area contributed by atoms with E-state index in [1.165, 1.54) is 0 Å². The van der Waals surface area contributed by atoms with Gasteiger partial charge in [-0.3, -0.25) is 4.79 Å². The number of imidazole rings is 1. The van der Waals surface area contributed by atoms with Gasteiger partial charge in [0.05, 0.1) is 12.2 Å². The van der Waals surface area contributed by atoms with Gasteiger partial charge >= 0.3 is 0 Å². The summed E-state index contributed by atoms with van der Waals surface area (Å²) in [5.74, 6) is 0.314. The molecule has 1 aromatic carbocycles. The molecule has 1 amide bonds. The number of fused-ring (bicyclic) bond motifs is 1. The Kier molecular flexibility index (Phi) is 4.26. The number of hydrogen-bond acceptors (Lipinski definition) is 5. The largest absolute Gasteiger partial charge is 0.346 e. The molecule has 0 aliphatic heterocycles. The Bertz CT molecular complexity index is 1010. The smallest absolute Gasteiger partial charge is 0.251 e. The number of aromatic nitrogens is 4. The van der Waals surface area contributed by atoms with Crippen molar-refractivity contribution in [1.82, 2.24) is 24.7 Å². The third-order valence-corrected chi connectivity index (χ3v) is 3.79. The van der Waals surface area contributed by atoms with Crippen LogP contribution in [0.1, 0.15) is 16.1 Å². The average Bonchev–Trinajstić information content (AvgIpc) is 3.10. The zero-order valence-corrected chi connectivity index (χ0v) is 13.8. The molecule has 4 rings (SSSR count). The van der Waals surface area contributed by atoms with Crippen molar-refractivity contribution < 1.29 is 4.79 Å². The molecule has 2 N–H and O–H groups in total. The Morgan fingerprint density at radius 3 is 2.77 bits per heavy atom. The summed E-state index contributed by atoms with van der Waals surface area (Å²) in [6.07, 6.45) is 7.14. The predicted molar refractivity (Wildman–Crippen MR) is 98.1 cm³/mol. The van der Waals surface area contributed by atoms with E-state index in [0.717, 1.165) is 17.0 Å². The normalized spacial score (nSPS) is 10.6. The van der Waals surface area contributed by atoms with E-state index in [9.17, 15) is 4.79 Å². The third kappa shape index (κ3) is 3.51. The van der Waals surface area contributed by atoms with Gasteiger partial charge in [0.15, 0.2) is 0 Å². The Balaban J connectivity index is 1.43. The first-order valence-electron chi connectivity index (χ1n) is 8.13. The lowest BCUT2D eigenvalue weighted by Gasteiger charge is -2.07. The monoisotopic (exact) mass is 344 g/mol. The summed E-state index contributed by atoms with van der Waals surface area (Å²) in [6, 6.07) is 14.7. The summed E-state index contributed by atoms with van der Waals surface area (Å²) in [5.41, 5.74) is 2.95. The highest BCUT2D eigenvalue weighted by Gasteiger charge is 2.08. The van der Waals surface area contributed by atoms with Crippen LogP contribution in [-0.4, -0.2) is 25.3 Å². The van der Waals surface area contributed by atoms with Crippen molar-refractivity contribution in [3.8, 4) is 0 Å². The van der Waals surface area contributed by atoms with Gasteiger partial charge in [0.25, 0.3) is 5.91 Å². The second-order valence-electron chi connectivity index (χ2n) is 5.66. The fourth-order valence-electron chi connectivity index (χ4n) is 2.58. The summed E-state index contributed by atoms with van der Waals surface area (Å²) in [6.45, 7) is 0.361. The molecular weight excluding hydrogens is 328 g/mol. The maximum atomic E-state index is 12.4. The van der Waals surface area contributed by atoms with Crippen molar-refractivity contribution in [2.24, 2.45) is 0 Å². The molecule has 3 heterocycles. The van der Waals surface area contributed by atoms with E-state index in [4.69, 9.17) is 0 Å². The van der Waals surface area contributed by atoms with Crippen molar-refractivity contribution >= 4 is 23.2 Å². The van der Waals surface area contributed by atoms with Crippen LogP contribution in [-0.2, 0) is 6.54 Å². The fourth-order valence-corrected chi connectivity index (χ4v) is 2.58. The molecule has 0 saturated carbocycles. The molecule has 7 heteroatoms. The van der Waals surface area contributed by atoms with E-state index in [2.05, 4.69) is 25.6 Å². The van der Waals surface area contributed by atoms with Gasteiger partial charge in [0.1, 0.15) is 5.65 Å². The average molecular weight is 344 g/mol. The summed E-state index contributed by atoms with van der Waals surface area (Å²) in [7, 11) is 0. The SMILES string of the molecule is O=C(NCc1cn2ccccc2n1)c1cccc(Nc2ncccn2)c1. The Morgan fingerprint density at radius 2 is 1.92 bits per heavy atom. The zero-order valence-electron chi connectivity index (χ0n) is 13.8. The Hall–Kier alpha value is -3.74. The van der Waals surface area contributed by atoms with Crippen LogP contribution in [0.5, 0.6) is 0 Å². The Labute approximate surface area is 149 Å². The molecule has 0 aliphatic rings. The molecule has 3 aromatic heterocycles. The van der Waals surface area contributed by atoms with E-state index >= 15 is 0 Å². The van der Waals surface area contributed by atoms with Crippen molar-refractivity contribution in [2.75, 3.05) is 5.32 Å². The molecular formula is C19H16N6O. The minimum atomic E-state index is -0.167. The van der Waals surface area contributed by atoms with Crippen molar-refractivity contribution in [3.05, 3.63) is 84.6 Å². The lowest BCUT2D eigenvalue weighted by Crippen LogP contribution is -2.23.